The fourth-order valence-corrected chi connectivity index (χ4v) is 5.82. The van der Waals surface area contributed by atoms with Crippen LogP contribution in [0.4, 0.5) is 0 Å². The minimum Gasteiger partial charge on any atom is -0.478 e. The molecule has 4 heteroatoms. The lowest BCUT2D eigenvalue weighted by atomic mass is 9.52. The van der Waals surface area contributed by atoms with E-state index in [4.69, 9.17) is 0 Å². The summed E-state index contributed by atoms with van der Waals surface area (Å²) in [6.45, 7) is 8.53. The van der Waals surface area contributed by atoms with Crippen LogP contribution in [0.15, 0.2) is 11.1 Å². The molecule has 5 unspecified atom stereocenters. The molecule has 0 aromatic heterocycles. The standard InChI is InChI=1S/C17H27NO3/c1-4-18-9-16(3)11-6-5-10(2)17(16)8-13(19)14(15(20)21)12(17)7-11/h10-11,13,18-19H,4-9H2,1-3H3,(H,20,21). The van der Waals surface area contributed by atoms with Gasteiger partial charge in [-0.1, -0.05) is 20.8 Å². The maximum Gasteiger partial charge on any atom is 0.334 e. The number of aliphatic hydroxyl groups is 1. The molecule has 3 N–H and O–H groups in total. The van der Waals surface area contributed by atoms with E-state index in [2.05, 4.69) is 26.1 Å². The number of rotatable bonds is 4. The van der Waals surface area contributed by atoms with Crippen molar-refractivity contribution in [2.75, 3.05) is 13.1 Å². The van der Waals surface area contributed by atoms with Gasteiger partial charge in [-0.15, -0.1) is 0 Å². The molecule has 2 saturated carbocycles. The molecule has 0 aromatic rings. The summed E-state index contributed by atoms with van der Waals surface area (Å²) in [4.78, 5) is 11.6. The molecule has 0 aromatic carbocycles. The van der Waals surface area contributed by atoms with Gasteiger partial charge in [0, 0.05) is 12.0 Å². The molecule has 2 bridgehead atoms. The van der Waals surface area contributed by atoms with E-state index in [0.29, 0.717) is 23.8 Å². The van der Waals surface area contributed by atoms with Crippen LogP contribution in [0, 0.1) is 22.7 Å². The topological polar surface area (TPSA) is 69.6 Å². The normalized spacial score (nSPS) is 45.0. The Morgan fingerprint density at radius 2 is 2.14 bits per heavy atom. The van der Waals surface area contributed by atoms with Crippen LogP contribution in [0.2, 0.25) is 0 Å². The highest BCUT2D eigenvalue weighted by atomic mass is 16.4. The van der Waals surface area contributed by atoms with Gasteiger partial charge in [-0.3, -0.25) is 0 Å². The minimum absolute atomic E-state index is 0.0637. The molecule has 4 nitrogen and oxygen atoms in total. The molecule has 21 heavy (non-hydrogen) atoms. The highest BCUT2D eigenvalue weighted by molar-refractivity contribution is 5.90. The fraction of sp³-hybridized carbons (Fsp3) is 0.824. The zero-order valence-corrected chi connectivity index (χ0v) is 13.3. The van der Waals surface area contributed by atoms with Crippen LogP contribution in [0.3, 0.4) is 0 Å². The number of aliphatic hydroxyl groups excluding tert-OH is 1. The first-order valence-corrected chi connectivity index (χ1v) is 8.24. The van der Waals surface area contributed by atoms with Crippen molar-refractivity contribution in [3.8, 4) is 0 Å². The number of hydrogen-bond acceptors (Lipinski definition) is 3. The van der Waals surface area contributed by atoms with Gasteiger partial charge in [0.15, 0.2) is 0 Å². The molecule has 5 atom stereocenters. The van der Waals surface area contributed by atoms with E-state index in [1.807, 2.05) is 0 Å². The van der Waals surface area contributed by atoms with Gasteiger partial charge in [-0.2, -0.15) is 0 Å². The summed E-state index contributed by atoms with van der Waals surface area (Å²) < 4.78 is 0. The Labute approximate surface area is 126 Å². The van der Waals surface area contributed by atoms with Crippen LogP contribution >= 0.6 is 0 Å². The first-order chi connectivity index (χ1) is 9.88. The van der Waals surface area contributed by atoms with Crippen LogP contribution in [-0.4, -0.2) is 35.4 Å². The highest BCUT2D eigenvalue weighted by Crippen LogP contribution is 2.72. The second-order valence-electron chi connectivity index (χ2n) is 7.47. The van der Waals surface area contributed by atoms with Crippen molar-refractivity contribution in [2.45, 2.75) is 52.6 Å². The maximum absolute atomic E-state index is 11.6. The van der Waals surface area contributed by atoms with Gasteiger partial charge >= 0.3 is 5.97 Å². The number of carboxylic acids is 1. The van der Waals surface area contributed by atoms with E-state index in [0.717, 1.165) is 31.5 Å². The van der Waals surface area contributed by atoms with Crippen molar-refractivity contribution in [2.24, 2.45) is 22.7 Å². The quantitative estimate of drug-likeness (QED) is 0.743. The van der Waals surface area contributed by atoms with E-state index in [9.17, 15) is 15.0 Å². The third kappa shape index (κ3) is 1.72. The number of aliphatic carboxylic acids is 1. The van der Waals surface area contributed by atoms with Crippen molar-refractivity contribution in [3.05, 3.63) is 11.1 Å². The first kappa shape index (κ1) is 15.0. The second-order valence-corrected chi connectivity index (χ2v) is 7.47. The number of allylic oxidation sites excluding steroid dienone is 1. The third-order valence-electron chi connectivity index (χ3n) is 6.84. The van der Waals surface area contributed by atoms with E-state index < -0.39 is 12.1 Å². The Bertz CT molecular complexity index is 500. The molecule has 3 aliphatic rings. The van der Waals surface area contributed by atoms with E-state index in [1.165, 1.54) is 6.42 Å². The summed E-state index contributed by atoms with van der Waals surface area (Å²) in [7, 11) is 0. The van der Waals surface area contributed by atoms with Gasteiger partial charge in [0.25, 0.3) is 0 Å². The van der Waals surface area contributed by atoms with E-state index in [-0.39, 0.29) is 10.8 Å². The minimum atomic E-state index is -0.917. The average Bonchev–Trinajstić information content (AvgIpc) is 2.78. The molecule has 0 radical (unpaired) electrons. The van der Waals surface area contributed by atoms with Crippen LogP contribution in [0.5, 0.6) is 0 Å². The van der Waals surface area contributed by atoms with E-state index >= 15 is 0 Å². The molecule has 0 heterocycles. The Kier molecular flexibility index (Phi) is 3.45. The lowest BCUT2D eigenvalue weighted by Gasteiger charge is -2.53. The number of carbonyl (C=O) groups is 1. The molecule has 3 aliphatic carbocycles. The van der Waals surface area contributed by atoms with Crippen molar-refractivity contribution < 1.29 is 15.0 Å². The summed E-state index contributed by atoms with van der Waals surface area (Å²) in [6, 6.07) is 0. The number of nitrogens with one attached hydrogen (secondary N) is 1. The van der Waals surface area contributed by atoms with Gasteiger partial charge in [0.05, 0.1) is 11.7 Å². The van der Waals surface area contributed by atoms with Gasteiger partial charge in [0.2, 0.25) is 0 Å². The zero-order chi connectivity index (χ0) is 15.4. The smallest absolute Gasteiger partial charge is 0.334 e. The lowest BCUT2D eigenvalue weighted by Crippen LogP contribution is -2.52. The Morgan fingerprint density at radius 1 is 1.43 bits per heavy atom. The van der Waals surface area contributed by atoms with Crippen LogP contribution in [-0.2, 0) is 4.79 Å². The monoisotopic (exact) mass is 293 g/mol. The largest absolute Gasteiger partial charge is 0.478 e. The molecular formula is C17H27NO3. The Balaban J connectivity index is 2.13. The molecule has 1 spiro atoms. The van der Waals surface area contributed by atoms with Gasteiger partial charge in [-0.25, -0.2) is 4.79 Å². The molecule has 0 aliphatic heterocycles. The molecule has 0 saturated heterocycles. The lowest BCUT2D eigenvalue weighted by molar-refractivity contribution is -0.133. The number of hydrogen-bond donors (Lipinski definition) is 3. The molecule has 118 valence electrons. The fourth-order valence-electron chi connectivity index (χ4n) is 5.82. The summed E-state index contributed by atoms with van der Waals surface area (Å²) in [6.07, 6.45) is 3.00. The average molecular weight is 293 g/mol. The SMILES string of the molecule is CCNCC1(C)C2CCC(C)C13CC(O)C(C(=O)O)=C3C2. The molecule has 0 amide bonds. The Morgan fingerprint density at radius 3 is 2.76 bits per heavy atom. The van der Waals surface area contributed by atoms with E-state index in [1.54, 1.807) is 0 Å². The first-order valence-electron chi connectivity index (χ1n) is 8.24. The van der Waals surface area contributed by atoms with Gasteiger partial charge < -0.3 is 15.5 Å². The van der Waals surface area contributed by atoms with Crippen molar-refractivity contribution >= 4 is 5.97 Å². The van der Waals surface area contributed by atoms with Crippen LogP contribution < -0.4 is 5.32 Å². The summed E-state index contributed by atoms with van der Waals surface area (Å²) >= 11 is 0. The van der Waals surface area contributed by atoms with Crippen LogP contribution in [0.1, 0.15) is 46.5 Å². The highest BCUT2D eigenvalue weighted by Gasteiger charge is 2.67. The molecule has 2 fully saturated rings. The van der Waals surface area contributed by atoms with Crippen LogP contribution in [0.25, 0.3) is 0 Å². The zero-order valence-electron chi connectivity index (χ0n) is 13.3. The summed E-state index contributed by atoms with van der Waals surface area (Å²) in [5, 5.41) is 23.4. The third-order valence-corrected chi connectivity index (χ3v) is 6.84. The predicted molar refractivity (Wildman–Crippen MR) is 80.9 cm³/mol. The summed E-state index contributed by atoms with van der Waals surface area (Å²) in [5.41, 5.74) is 1.33. The van der Waals surface area contributed by atoms with Gasteiger partial charge in [-0.05, 0) is 55.1 Å². The molecular weight excluding hydrogens is 266 g/mol. The molecule has 3 rings (SSSR count). The van der Waals surface area contributed by atoms with Gasteiger partial charge in [0.1, 0.15) is 0 Å². The van der Waals surface area contributed by atoms with Crippen molar-refractivity contribution in [1.29, 1.82) is 0 Å². The van der Waals surface area contributed by atoms with Crippen molar-refractivity contribution in [3.63, 3.8) is 0 Å². The number of fused-ring (bicyclic) bond motifs is 1. The maximum atomic E-state index is 11.6. The second kappa shape index (κ2) is 4.82. The summed E-state index contributed by atoms with van der Waals surface area (Å²) in [5.74, 6) is 0.0749. The number of carboxylic acid groups (broad SMARTS) is 1. The Hall–Kier alpha value is -0.870. The predicted octanol–water partition coefficient (Wildman–Crippen LogP) is 2.18. The van der Waals surface area contributed by atoms with Crippen molar-refractivity contribution in [1.82, 2.24) is 5.32 Å².